The number of urea groups is 1. The van der Waals surface area contributed by atoms with E-state index in [1.165, 1.54) is 18.6 Å². The van der Waals surface area contributed by atoms with Crippen LogP contribution < -0.4 is 15.5 Å². The van der Waals surface area contributed by atoms with Crippen LogP contribution in [0, 0.1) is 0 Å². The molecular weight excluding hydrogens is 507 g/mol. The molecule has 0 saturated heterocycles. The number of H-pyrrole nitrogens is 1. The summed E-state index contributed by atoms with van der Waals surface area (Å²) in [5.74, 6) is 0.517. The summed E-state index contributed by atoms with van der Waals surface area (Å²) in [7, 11) is 2.03. The number of amides is 2. The highest BCUT2D eigenvalue weighted by molar-refractivity contribution is 6.02. The Morgan fingerprint density at radius 1 is 0.949 bits per heavy atom. The summed E-state index contributed by atoms with van der Waals surface area (Å²) in [4.78, 5) is 15.2. The van der Waals surface area contributed by atoms with E-state index in [2.05, 4.69) is 36.2 Å². The third-order valence-electron chi connectivity index (χ3n) is 7.06. The molecule has 5 rings (SSSR count). The van der Waals surface area contributed by atoms with Crippen LogP contribution in [0.25, 0.3) is 22.5 Å². The molecule has 0 bridgehead atoms. The number of nitrogens with one attached hydrogen (secondary N) is 3. The third kappa shape index (κ3) is 6.02. The number of aromatic amines is 1. The predicted molar refractivity (Wildman–Crippen MR) is 144 cm³/mol. The number of carbonyl (C=O) groups is 1. The van der Waals surface area contributed by atoms with Gasteiger partial charge in [0, 0.05) is 24.3 Å². The molecule has 202 valence electrons. The lowest BCUT2D eigenvalue weighted by Gasteiger charge is -2.34. The van der Waals surface area contributed by atoms with Crippen molar-refractivity contribution in [2.45, 2.75) is 44.3 Å². The molecule has 1 saturated carbocycles. The second-order valence-corrected chi connectivity index (χ2v) is 9.58. The quantitative estimate of drug-likeness (QED) is 0.248. The van der Waals surface area contributed by atoms with Gasteiger partial charge in [-0.3, -0.25) is 0 Å². The number of halogens is 3. The number of rotatable bonds is 6. The average Bonchev–Trinajstić information content (AvgIpc) is 3.48. The number of nitrogens with zero attached hydrogens (tertiary/aromatic N) is 4. The van der Waals surface area contributed by atoms with Crippen LogP contribution in [0.3, 0.4) is 0 Å². The Balaban J connectivity index is 1.46. The third-order valence-corrected chi connectivity index (χ3v) is 7.06. The second-order valence-electron chi connectivity index (χ2n) is 9.58. The fourth-order valence-corrected chi connectivity index (χ4v) is 5.02. The number of hydrogen-bond donors (Lipinski definition) is 3. The molecule has 4 aromatic rings. The molecule has 0 aliphatic heterocycles. The number of tetrazole rings is 1. The molecule has 8 nitrogen and oxygen atoms in total. The molecule has 0 atom stereocenters. The average molecular weight is 536 g/mol. The van der Waals surface area contributed by atoms with Gasteiger partial charge in [0.15, 0.2) is 5.82 Å². The van der Waals surface area contributed by atoms with Gasteiger partial charge < -0.3 is 15.5 Å². The predicted octanol–water partition coefficient (Wildman–Crippen LogP) is 6.97. The Bertz CT molecular complexity index is 1420. The SMILES string of the molecule is CN(c1ccc(-c2ccccc2-c2nnn[nH]2)cc1NC(=O)Nc1ccc(C(F)(F)F)cc1)C1CCCCC1. The first-order chi connectivity index (χ1) is 18.8. The minimum absolute atomic E-state index is 0.252. The van der Waals surface area contributed by atoms with Crippen molar-refractivity contribution in [2.75, 3.05) is 22.6 Å². The molecule has 0 unspecified atom stereocenters. The monoisotopic (exact) mass is 535 g/mol. The largest absolute Gasteiger partial charge is 0.416 e. The van der Waals surface area contributed by atoms with Crippen molar-refractivity contribution in [1.82, 2.24) is 20.6 Å². The molecule has 1 fully saturated rings. The van der Waals surface area contributed by atoms with E-state index < -0.39 is 17.8 Å². The Morgan fingerprint density at radius 3 is 2.33 bits per heavy atom. The molecule has 3 N–H and O–H groups in total. The van der Waals surface area contributed by atoms with Gasteiger partial charge in [0.05, 0.1) is 16.9 Å². The molecule has 0 radical (unpaired) electrons. The van der Waals surface area contributed by atoms with Gasteiger partial charge in [0.1, 0.15) is 0 Å². The maximum Gasteiger partial charge on any atom is 0.416 e. The first kappa shape index (κ1) is 26.2. The van der Waals surface area contributed by atoms with Crippen LogP contribution in [-0.4, -0.2) is 39.7 Å². The number of benzene rings is 3. The van der Waals surface area contributed by atoms with Gasteiger partial charge in [-0.05, 0) is 70.8 Å². The molecule has 0 spiro atoms. The Hall–Kier alpha value is -4.41. The van der Waals surface area contributed by atoms with Crippen LogP contribution in [0.5, 0.6) is 0 Å². The number of anilines is 3. The number of aromatic nitrogens is 4. The van der Waals surface area contributed by atoms with E-state index in [0.29, 0.717) is 17.6 Å². The van der Waals surface area contributed by atoms with Crippen molar-refractivity contribution < 1.29 is 18.0 Å². The topological polar surface area (TPSA) is 98.8 Å². The molecule has 1 aliphatic rings. The van der Waals surface area contributed by atoms with Crippen LogP contribution in [0.2, 0.25) is 0 Å². The summed E-state index contributed by atoms with van der Waals surface area (Å²) in [5, 5.41) is 19.8. The Morgan fingerprint density at radius 2 is 1.67 bits per heavy atom. The maximum atomic E-state index is 13.0. The molecule has 3 aromatic carbocycles. The van der Waals surface area contributed by atoms with Gasteiger partial charge in [-0.1, -0.05) is 49.6 Å². The first-order valence-corrected chi connectivity index (χ1v) is 12.8. The molecule has 1 aliphatic carbocycles. The first-order valence-electron chi connectivity index (χ1n) is 12.8. The molecule has 1 heterocycles. The van der Waals surface area contributed by atoms with Crippen LogP contribution in [0.15, 0.2) is 66.7 Å². The van der Waals surface area contributed by atoms with Gasteiger partial charge in [-0.2, -0.15) is 13.2 Å². The number of hydrogen-bond acceptors (Lipinski definition) is 5. The molecular formula is C28H28F3N7O. The van der Waals surface area contributed by atoms with Crippen molar-refractivity contribution in [3.8, 4) is 22.5 Å². The zero-order chi connectivity index (χ0) is 27.4. The molecule has 39 heavy (non-hydrogen) atoms. The highest BCUT2D eigenvalue weighted by Crippen LogP contribution is 2.37. The number of carbonyl (C=O) groups excluding carboxylic acids is 1. The zero-order valence-electron chi connectivity index (χ0n) is 21.3. The van der Waals surface area contributed by atoms with E-state index in [-0.39, 0.29) is 5.69 Å². The van der Waals surface area contributed by atoms with Gasteiger partial charge in [0.25, 0.3) is 0 Å². The van der Waals surface area contributed by atoms with Gasteiger partial charge in [0.2, 0.25) is 0 Å². The summed E-state index contributed by atoms with van der Waals surface area (Å²) in [5.41, 5.74) is 3.42. The van der Waals surface area contributed by atoms with E-state index in [1.807, 2.05) is 49.5 Å². The van der Waals surface area contributed by atoms with Crippen LogP contribution in [-0.2, 0) is 6.18 Å². The minimum atomic E-state index is -4.45. The molecule has 2 amide bonds. The van der Waals surface area contributed by atoms with E-state index in [4.69, 9.17) is 0 Å². The summed E-state index contributed by atoms with van der Waals surface area (Å²) in [6.45, 7) is 0. The Kier molecular flexibility index (Phi) is 7.49. The lowest BCUT2D eigenvalue weighted by atomic mass is 9.93. The van der Waals surface area contributed by atoms with Gasteiger partial charge >= 0.3 is 12.2 Å². The van der Waals surface area contributed by atoms with Gasteiger partial charge in [-0.25, -0.2) is 9.89 Å². The van der Waals surface area contributed by atoms with Crippen molar-refractivity contribution in [3.05, 3.63) is 72.3 Å². The lowest BCUT2D eigenvalue weighted by Crippen LogP contribution is -2.34. The smallest absolute Gasteiger partial charge is 0.370 e. The lowest BCUT2D eigenvalue weighted by molar-refractivity contribution is -0.137. The second kappa shape index (κ2) is 11.1. The van der Waals surface area contributed by atoms with Crippen molar-refractivity contribution in [1.29, 1.82) is 0 Å². The van der Waals surface area contributed by atoms with E-state index >= 15 is 0 Å². The highest BCUT2D eigenvalue weighted by Gasteiger charge is 2.30. The summed E-state index contributed by atoms with van der Waals surface area (Å²) in [6.07, 6.45) is 1.22. The van der Waals surface area contributed by atoms with E-state index in [0.717, 1.165) is 60.2 Å². The minimum Gasteiger partial charge on any atom is -0.370 e. The van der Waals surface area contributed by atoms with Crippen molar-refractivity contribution in [2.24, 2.45) is 0 Å². The van der Waals surface area contributed by atoms with E-state index in [1.54, 1.807) is 0 Å². The summed E-state index contributed by atoms with van der Waals surface area (Å²) >= 11 is 0. The Labute approximate surface area is 223 Å². The number of alkyl halides is 3. The fraction of sp³-hybridized carbons (Fsp3) is 0.286. The normalized spacial score (nSPS) is 14.2. The summed E-state index contributed by atoms with van der Waals surface area (Å²) in [6, 6.07) is 17.7. The van der Waals surface area contributed by atoms with Crippen molar-refractivity contribution in [3.63, 3.8) is 0 Å². The van der Waals surface area contributed by atoms with Crippen LogP contribution >= 0.6 is 0 Å². The van der Waals surface area contributed by atoms with Gasteiger partial charge in [-0.15, -0.1) is 5.10 Å². The molecule has 11 heteroatoms. The zero-order valence-corrected chi connectivity index (χ0v) is 21.3. The fourth-order valence-electron chi connectivity index (χ4n) is 5.02. The van der Waals surface area contributed by atoms with Crippen molar-refractivity contribution >= 4 is 23.1 Å². The van der Waals surface area contributed by atoms with E-state index in [9.17, 15) is 18.0 Å². The van der Waals surface area contributed by atoms with Crippen LogP contribution in [0.4, 0.5) is 35.0 Å². The highest BCUT2D eigenvalue weighted by atomic mass is 19.4. The molecule has 1 aromatic heterocycles. The standard InChI is InChI=1S/C28H28F3N7O/c1-38(21-7-3-2-4-8-21)25-16-11-18(22-9-5-6-10-23(22)26-34-36-37-35-26)17-24(25)33-27(39)32-20-14-12-19(13-15-20)28(29,30)31/h5-6,9-17,21H,2-4,7-8H2,1H3,(H2,32,33,39)(H,34,35,36,37). The van der Waals surface area contributed by atoms with Crippen LogP contribution in [0.1, 0.15) is 37.7 Å². The maximum absolute atomic E-state index is 13.0. The summed E-state index contributed by atoms with van der Waals surface area (Å²) < 4.78 is 38.8.